The highest BCUT2D eigenvalue weighted by molar-refractivity contribution is 5.76. The van der Waals surface area contributed by atoms with Gasteiger partial charge in [-0.1, -0.05) is 57.9 Å². The molecule has 0 aromatic heterocycles. The maximum atomic E-state index is 10.8. The van der Waals surface area contributed by atoms with Gasteiger partial charge in [-0.15, -0.1) is 6.58 Å². The smallest absolute Gasteiger partial charge is 0.407 e. The first-order valence-corrected chi connectivity index (χ1v) is 7.79. The van der Waals surface area contributed by atoms with Crippen molar-refractivity contribution in [1.29, 1.82) is 0 Å². The number of aliphatic carboxylic acids is 1. The molecule has 0 saturated heterocycles. The predicted molar refractivity (Wildman–Crippen MR) is 83.3 cm³/mol. The molecule has 1 aliphatic carbocycles. The Labute approximate surface area is 127 Å². The van der Waals surface area contributed by atoms with E-state index < -0.39 is 18.6 Å². The van der Waals surface area contributed by atoms with E-state index in [2.05, 4.69) is 11.9 Å². The predicted octanol–water partition coefficient (Wildman–Crippen LogP) is 3.74. The molecule has 5 nitrogen and oxygen atoms in total. The Balaban J connectivity index is 0.000000471. The molecule has 1 atom stereocenters. The number of nitrogens with one attached hydrogen (secondary N) is 1. The fraction of sp³-hybridized carbons (Fsp3) is 0.750. The van der Waals surface area contributed by atoms with Crippen LogP contribution in [-0.2, 0) is 9.53 Å². The van der Waals surface area contributed by atoms with Gasteiger partial charge in [-0.25, -0.2) is 4.79 Å². The molecule has 1 fully saturated rings. The van der Waals surface area contributed by atoms with E-state index in [0.717, 1.165) is 6.42 Å². The van der Waals surface area contributed by atoms with Gasteiger partial charge in [0.1, 0.15) is 6.54 Å². The number of ether oxygens (including phenoxy) is 1. The molecule has 0 spiro atoms. The van der Waals surface area contributed by atoms with Crippen LogP contribution in [0.1, 0.15) is 58.3 Å². The largest absolute Gasteiger partial charge is 0.480 e. The van der Waals surface area contributed by atoms with Crippen molar-refractivity contribution in [3.63, 3.8) is 0 Å². The van der Waals surface area contributed by atoms with Gasteiger partial charge in [-0.05, 0) is 12.3 Å². The summed E-state index contributed by atoms with van der Waals surface area (Å²) >= 11 is 0. The van der Waals surface area contributed by atoms with Gasteiger partial charge >= 0.3 is 12.1 Å². The van der Waals surface area contributed by atoms with E-state index in [9.17, 15) is 9.59 Å². The molecular weight excluding hydrogens is 270 g/mol. The van der Waals surface area contributed by atoms with Crippen molar-refractivity contribution in [2.75, 3.05) is 13.2 Å². The maximum absolute atomic E-state index is 10.8. The molecular formula is C16H29NO4. The van der Waals surface area contributed by atoms with Gasteiger partial charge in [0, 0.05) is 0 Å². The topological polar surface area (TPSA) is 75.6 Å². The summed E-state index contributed by atoms with van der Waals surface area (Å²) < 4.78 is 4.75. The lowest BCUT2D eigenvalue weighted by Crippen LogP contribution is -2.30. The molecule has 5 heteroatoms. The Morgan fingerprint density at radius 3 is 2.05 bits per heavy atom. The molecule has 0 aliphatic heterocycles. The highest BCUT2D eigenvalue weighted by atomic mass is 16.5. The quantitative estimate of drug-likeness (QED) is 0.578. The fourth-order valence-corrected chi connectivity index (χ4v) is 2.01. The number of hydrogen-bond acceptors (Lipinski definition) is 3. The third-order valence-electron chi connectivity index (χ3n) is 3.20. The van der Waals surface area contributed by atoms with Gasteiger partial charge < -0.3 is 15.2 Å². The Morgan fingerprint density at radius 1 is 1.19 bits per heavy atom. The normalized spacial score (nSPS) is 15.7. The summed E-state index contributed by atoms with van der Waals surface area (Å²) in [4.78, 5) is 20.9. The van der Waals surface area contributed by atoms with Crippen molar-refractivity contribution in [3.05, 3.63) is 12.7 Å². The van der Waals surface area contributed by atoms with Crippen LogP contribution in [0.2, 0.25) is 0 Å². The average molecular weight is 299 g/mol. The molecule has 21 heavy (non-hydrogen) atoms. The molecule has 2 N–H and O–H groups in total. The van der Waals surface area contributed by atoms with Crippen molar-refractivity contribution in [2.45, 2.75) is 58.3 Å². The van der Waals surface area contributed by atoms with E-state index in [1.807, 2.05) is 6.92 Å². The highest BCUT2D eigenvalue weighted by Crippen LogP contribution is 2.15. The van der Waals surface area contributed by atoms with Gasteiger partial charge in [0.2, 0.25) is 0 Å². The van der Waals surface area contributed by atoms with Gasteiger partial charge in [0.25, 0.3) is 0 Å². The molecule has 1 saturated carbocycles. The summed E-state index contributed by atoms with van der Waals surface area (Å²) in [7, 11) is 0. The van der Waals surface area contributed by atoms with E-state index in [1.165, 1.54) is 44.9 Å². The number of allylic oxidation sites excluding steroid dienone is 1. The minimum Gasteiger partial charge on any atom is -0.480 e. The van der Waals surface area contributed by atoms with Crippen LogP contribution in [0.3, 0.4) is 0 Å². The molecule has 1 unspecified atom stereocenters. The van der Waals surface area contributed by atoms with Crippen LogP contribution in [0.4, 0.5) is 4.79 Å². The number of carbonyl (C=O) groups is 2. The maximum Gasteiger partial charge on any atom is 0.407 e. The molecule has 0 radical (unpaired) electrons. The summed E-state index contributed by atoms with van der Waals surface area (Å²) in [5.74, 6) is -0.899. The van der Waals surface area contributed by atoms with Crippen molar-refractivity contribution in [2.24, 2.45) is 5.92 Å². The second-order valence-corrected chi connectivity index (χ2v) is 5.45. The zero-order valence-corrected chi connectivity index (χ0v) is 13.1. The second-order valence-electron chi connectivity index (χ2n) is 5.45. The summed E-state index contributed by atoms with van der Waals surface area (Å²) in [6.45, 7) is 5.30. The Bertz CT molecular complexity index is 285. The lowest BCUT2D eigenvalue weighted by atomic mass is 10.1. The zero-order chi connectivity index (χ0) is 15.9. The van der Waals surface area contributed by atoms with Crippen LogP contribution in [0.25, 0.3) is 0 Å². The van der Waals surface area contributed by atoms with Crippen LogP contribution < -0.4 is 5.32 Å². The third-order valence-corrected chi connectivity index (χ3v) is 3.20. The minimum absolute atomic E-state index is 0.197. The molecule has 1 aliphatic rings. The van der Waals surface area contributed by atoms with E-state index in [1.54, 1.807) is 6.08 Å². The van der Waals surface area contributed by atoms with Crippen LogP contribution in [0, 0.1) is 5.92 Å². The number of carboxylic acids is 1. The molecule has 0 aromatic carbocycles. The first-order chi connectivity index (χ1) is 10.1. The molecule has 1 amide bonds. The van der Waals surface area contributed by atoms with Crippen LogP contribution in [0.15, 0.2) is 12.7 Å². The van der Waals surface area contributed by atoms with Crippen molar-refractivity contribution in [3.8, 4) is 0 Å². The summed E-state index contributed by atoms with van der Waals surface area (Å²) in [5.41, 5.74) is 0. The first kappa shape index (κ1) is 19.5. The second kappa shape index (κ2) is 13.5. The number of rotatable bonds is 6. The van der Waals surface area contributed by atoms with E-state index in [4.69, 9.17) is 9.84 Å². The van der Waals surface area contributed by atoms with Crippen LogP contribution in [-0.4, -0.2) is 30.3 Å². The molecule has 0 aromatic rings. The van der Waals surface area contributed by atoms with Crippen LogP contribution in [0.5, 0.6) is 0 Å². The number of carboxylic acid groups (broad SMARTS) is 1. The average Bonchev–Trinajstić information content (AvgIpc) is 2.76. The summed E-state index contributed by atoms with van der Waals surface area (Å²) in [6.07, 6.45) is 12.3. The first-order valence-electron chi connectivity index (χ1n) is 7.79. The molecule has 0 heterocycles. The minimum atomic E-state index is -1.10. The summed E-state index contributed by atoms with van der Waals surface area (Å²) in [6, 6.07) is 0. The van der Waals surface area contributed by atoms with Crippen LogP contribution >= 0.6 is 0 Å². The number of alkyl carbamates (subject to hydrolysis) is 1. The molecule has 1 rings (SSSR count). The monoisotopic (exact) mass is 299 g/mol. The van der Waals surface area contributed by atoms with Gasteiger partial charge in [0.05, 0.1) is 6.61 Å². The number of amides is 1. The standard InChI is InChI=1S/C9H15NO4.C7H14/c1-3-4-7(2)6-14-9(13)10-5-8(11)12;1-2-4-6-7-5-3-1/h3,7H,1,4-6H2,2H3,(H,10,13)(H,11,12);1-7H2. The van der Waals surface area contributed by atoms with E-state index in [0.29, 0.717) is 0 Å². The van der Waals surface area contributed by atoms with Crippen molar-refractivity contribution < 1.29 is 19.4 Å². The fourth-order valence-electron chi connectivity index (χ4n) is 2.01. The van der Waals surface area contributed by atoms with Crippen molar-refractivity contribution in [1.82, 2.24) is 5.32 Å². The highest BCUT2D eigenvalue weighted by Gasteiger charge is 2.06. The molecule has 122 valence electrons. The van der Waals surface area contributed by atoms with Gasteiger partial charge in [-0.2, -0.15) is 0 Å². The Hall–Kier alpha value is -1.52. The van der Waals surface area contributed by atoms with Gasteiger partial charge in [0.15, 0.2) is 0 Å². The SMILES string of the molecule is C1CCCCCC1.C=CCC(C)COC(=O)NCC(=O)O. The number of carbonyl (C=O) groups excluding carboxylic acids is 1. The lowest BCUT2D eigenvalue weighted by molar-refractivity contribution is -0.135. The molecule has 0 bridgehead atoms. The Morgan fingerprint density at radius 2 is 1.67 bits per heavy atom. The number of hydrogen-bond donors (Lipinski definition) is 2. The van der Waals surface area contributed by atoms with E-state index >= 15 is 0 Å². The lowest BCUT2D eigenvalue weighted by Gasteiger charge is -2.09. The summed E-state index contributed by atoms with van der Waals surface area (Å²) in [5, 5.41) is 10.3. The van der Waals surface area contributed by atoms with Crippen molar-refractivity contribution >= 4 is 12.1 Å². The Kier molecular flexibility index (Phi) is 12.5. The zero-order valence-electron chi connectivity index (χ0n) is 13.1. The van der Waals surface area contributed by atoms with Gasteiger partial charge in [-0.3, -0.25) is 4.79 Å². The van der Waals surface area contributed by atoms with E-state index in [-0.39, 0.29) is 12.5 Å². The third kappa shape index (κ3) is 14.7.